The first-order valence-corrected chi connectivity index (χ1v) is 8.51. The van der Waals surface area contributed by atoms with Gasteiger partial charge in [0.25, 0.3) is 0 Å². The molecule has 3 rings (SSSR count). The third kappa shape index (κ3) is 4.88. The van der Waals surface area contributed by atoms with Crippen LogP contribution in [0.3, 0.4) is 0 Å². The molecule has 0 radical (unpaired) electrons. The second-order valence-electron chi connectivity index (χ2n) is 5.51. The maximum Gasteiger partial charge on any atom is 0.141 e. The van der Waals surface area contributed by atoms with Gasteiger partial charge in [-0.05, 0) is 42.0 Å². The van der Waals surface area contributed by atoms with E-state index in [-0.39, 0.29) is 5.02 Å². The molecule has 0 spiro atoms. The number of rotatable bonds is 6. The molecule has 0 heterocycles. The highest BCUT2D eigenvalue weighted by Crippen LogP contribution is 2.23. The fraction of sp³-hybridized carbons (Fsp3) is 0.100. The fourth-order valence-corrected chi connectivity index (χ4v) is 2.78. The van der Waals surface area contributed by atoms with Gasteiger partial charge in [0.1, 0.15) is 18.2 Å². The number of para-hydroxylation sites is 1. The summed E-state index contributed by atoms with van der Waals surface area (Å²) in [5.41, 5.74) is 2.74. The molecule has 128 valence electrons. The highest BCUT2D eigenvalue weighted by molar-refractivity contribution is 6.31. The van der Waals surface area contributed by atoms with Crippen molar-refractivity contribution < 1.29 is 9.13 Å². The van der Waals surface area contributed by atoms with E-state index in [1.807, 2.05) is 48.5 Å². The molecule has 2 nitrogen and oxygen atoms in total. The fourth-order valence-electron chi connectivity index (χ4n) is 2.38. The maximum absolute atomic E-state index is 13.2. The summed E-state index contributed by atoms with van der Waals surface area (Å²) >= 11 is 11.8. The number of ether oxygens (including phenoxy) is 1. The zero-order valence-corrected chi connectivity index (χ0v) is 14.8. The third-order valence-corrected chi connectivity index (χ3v) is 4.18. The summed E-state index contributed by atoms with van der Waals surface area (Å²) < 4.78 is 19.2. The lowest BCUT2D eigenvalue weighted by molar-refractivity contribution is 0.303. The molecule has 1 N–H and O–H groups in total. The van der Waals surface area contributed by atoms with Gasteiger partial charge in [-0.3, -0.25) is 0 Å². The third-order valence-electron chi connectivity index (χ3n) is 3.66. The van der Waals surface area contributed by atoms with E-state index in [2.05, 4.69) is 5.32 Å². The van der Waals surface area contributed by atoms with Gasteiger partial charge in [0.15, 0.2) is 0 Å². The molecule has 0 aromatic heterocycles. The Morgan fingerprint density at radius 2 is 1.76 bits per heavy atom. The molecule has 3 aromatic rings. The largest absolute Gasteiger partial charge is 0.489 e. The van der Waals surface area contributed by atoms with Gasteiger partial charge in [-0.2, -0.15) is 0 Å². The first-order valence-electron chi connectivity index (χ1n) is 7.76. The van der Waals surface area contributed by atoms with E-state index in [1.165, 1.54) is 6.07 Å². The first kappa shape index (κ1) is 17.6. The minimum absolute atomic E-state index is 0.0930. The molecule has 5 heteroatoms. The molecular weight excluding hydrogens is 360 g/mol. The molecule has 3 aromatic carbocycles. The van der Waals surface area contributed by atoms with E-state index in [4.69, 9.17) is 27.9 Å². The lowest BCUT2D eigenvalue weighted by Gasteiger charge is -2.13. The monoisotopic (exact) mass is 375 g/mol. The smallest absolute Gasteiger partial charge is 0.141 e. The van der Waals surface area contributed by atoms with Crippen LogP contribution in [0.1, 0.15) is 11.1 Å². The van der Waals surface area contributed by atoms with Crippen molar-refractivity contribution in [1.82, 2.24) is 0 Å². The number of hydrogen-bond acceptors (Lipinski definition) is 2. The molecule has 0 saturated heterocycles. The molecular formula is C20H16Cl2FNO. The maximum atomic E-state index is 13.2. The van der Waals surface area contributed by atoms with E-state index in [1.54, 1.807) is 12.1 Å². The molecule has 0 unspecified atom stereocenters. The van der Waals surface area contributed by atoms with Crippen LogP contribution in [0.25, 0.3) is 0 Å². The predicted octanol–water partition coefficient (Wildman–Crippen LogP) is 6.32. The minimum atomic E-state index is -0.433. The lowest BCUT2D eigenvalue weighted by atomic mass is 10.2. The van der Waals surface area contributed by atoms with E-state index < -0.39 is 5.82 Å². The Morgan fingerprint density at radius 3 is 2.56 bits per heavy atom. The molecule has 0 amide bonds. The van der Waals surface area contributed by atoms with Crippen molar-refractivity contribution in [3.05, 3.63) is 93.7 Å². The van der Waals surface area contributed by atoms with Gasteiger partial charge in [-0.15, -0.1) is 0 Å². The SMILES string of the molecule is Fc1ccc(NCc2ccccc2OCc2cccc(Cl)c2)cc1Cl. The molecule has 0 aliphatic rings. The number of nitrogens with one attached hydrogen (secondary N) is 1. The van der Waals surface area contributed by atoms with Gasteiger partial charge in [-0.25, -0.2) is 4.39 Å². The number of hydrogen-bond donors (Lipinski definition) is 1. The van der Waals surface area contributed by atoms with Crippen molar-refractivity contribution in [3.63, 3.8) is 0 Å². The molecule has 0 aliphatic carbocycles. The van der Waals surface area contributed by atoms with Crippen LogP contribution in [-0.2, 0) is 13.2 Å². The number of benzene rings is 3. The quantitative estimate of drug-likeness (QED) is 0.543. The van der Waals surface area contributed by atoms with Crippen LogP contribution in [0.5, 0.6) is 5.75 Å². The van der Waals surface area contributed by atoms with Gasteiger partial charge in [-0.1, -0.05) is 53.5 Å². The van der Waals surface area contributed by atoms with Crippen molar-refractivity contribution in [2.45, 2.75) is 13.2 Å². The molecule has 0 saturated carbocycles. The van der Waals surface area contributed by atoms with Gasteiger partial charge in [0.05, 0.1) is 5.02 Å². The summed E-state index contributed by atoms with van der Waals surface area (Å²) in [6, 6.07) is 19.9. The minimum Gasteiger partial charge on any atom is -0.489 e. The van der Waals surface area contributed by atoms with E-state index >= 15 is 0 Å². The zero-order chi connectivity index (χ0) is 17.6. The van der Waals surface area contributed by atoms with Crippen molar-refractivity contribution in [1.29, 1.82) is 0 Å². The predicted molar refractivity (Wildman–Crippen MR) is 101 cm³/mol. The summed E-state index contributed by atoms with van der Waals surface area (Å²) in [6.45, 7) is 0.966. The molecule has 0 aliphatic heterocycles. The Kier molecular flexibility index (Phi) is 5.79. The van der Waals surface area contributed by atoms with E-state index in [0.717, 1.165) is 22.6 Å². The zero-order valence-electron chi connectivity index (χ0n) is 13.3. The van der Waals surface area contributed by atoms with Crippen LogP contribution in [-0.4, -0.2) is 0 Å². The molecule has 0 fully saturated rings. The Hall–Kier alpha value is -2.23. The highest BCUT2D eigenvalue weighted by atomic mass is 35.5. The summed E-state index contributed by atoms with van der Waals surface area (Å²) in [6.07, 6.45) is 0. The topological polar surface area (TPSA) is 21.3 Å². The van der Waals surface area contributed by atoms with Crippen LogP contribution in [0, 0.1) is 5.82 Å². The van der Waals surface area contributed by atoms with Gasteiger partial charge in [0.2, 0.25) is 0 Å². The number of halogens is 3. The molecule has 0 bridgehead atoms. The first-order chi connectivity index (χ1) is 12.1. The highest BCUT2D eigenvalue weighted by Gasteiger charge is 2.05. The van der Waals surface area contributed by atoms with E-state index in [9.17, 15) is 4.39 Å². The van der Waals surface area contributed by atoms with Gasteiger partial charge in [0, 0.05) is 22.8 Å². The van der Waals surface area contributed by atoms with Gasteiger partial charge >= 0.3 is 0 Å². The average molecular weight is 376 g/mol. The van der Waals surface area contributed by atoms with E-state index in [0.29, 0.717) is 18.2 Å². The number of anilines is 1. The summed E-state index contributed by atoms with van der Waals surface area (Å²) in [5, 5.41) is 4.00. The van der Waals surface area contributed by atoms with Gasteiger partial charge < -0.3 is 10.1 Å². The lowest BCUT2D eigenvalue weighted by Crippen LogP contribution is -2.03. The summed E-state index contributed by atoms with van der Waals surface area (Å²) in [7, 11) is 0. The van der Waals surface area contributed by atoms with Crippen LogP contribution < -0.4 is 10.1 Å². The van der Waals surface area contributed by atoms with Crippen LogP contribution in [0.15, 0.2) is 66.7 Å². The summed E-state index contributed by atoms with van der Waals surface area (Å²) in [5.74, 6) is 0.348. The van der Waals surface area contributed by atoms with Crippen molar-refractivity contribution >= 4 is 28.9 Å². The standard InChI is InChI=1S/C20H16Cl2FNO/c21-16-6-3-4-14(10-16)13-25-20-7-2-1-5-15(20)12-24-17-8-9-19(23)18(22)11-17/h1-11,24H,12-13H2. The van der Waals surface area contributed by atoms with Crippen molar-refractivity contribution in [3.8, 4) is 5.75 Å². The van der Waals surface area contributed by atoms with Crippen molar-refractivity contribution in [2.75, 3.05) is 5.32 Å². The molecule has 25 heavy (non-hydrogen) atoms. The van der Waals surface area contributed by atoms with Crippen LogP contribution in [0.4, 0.5) is 10.1 Å². The van der Waals surface area contributed by atoms with Crippen LogP contribution in [0.2, 0.25) is 10.0 Å². The van der Waals surface area contributed by atoms with Crippen LogP contribution >= 0.6 is 23.2 Å². The van der Waals surface area contributed by atoms with Crippen molar-refractivity contribution in [2.24, 2.45) is 0 Å². The Balaban J connectivity index is 1.67. The Morgan fingerprint density at radius 1 is 0.920 bits per heavy atom. The summed E-state index contributed by atoms with van der Waals surface area (Å²) in [4.78, 5) is 0. The normalized spacial score (nSPS) is 10.5. The Labute approximate surface area is 156 Å². The molecule has 0 atom stereocenters. The second kappa shape index (κ2) is 8.24. The Bertz CT molecular complexity index is 870. The average Bonchev–Trinajstić information content (AvgIpc) is 2.62. The second-order valence-corrected chi connectivity index (χ2v) is 6.35.